The third-order valence-corrected chi connectivity index (χ3v) is 5.66. The first-order chi connectivity index (χ1) is 11.4. The summed E-state index contributed by atoms with van der Waals surface area (Å²) in [5.41, 5.74) is 1.65. The fourth-order valence-corrected chi connectivity index (χ4v) is 3.86. The molecule has 0 atom stereocenters. The third kappa shape index (κ3) is 4.73. The summed E-state index contributed by atoms with van der Waals surface area (Å²) in [5.74, 6) is -0.203. The van der Waals surface area contributed by atoms with Gasteiger partial charge in [-0.15, -0.1) is 41.2 Å². The van der Waals surface area contributed by atoms with Crippen molar-refractivity contribution in [1.82, 2.24) is 30.6 Å². The fourth-order valence-electron chi connectivity index (χ4n) is 2.99. The minimum atomic E-state index is -0.541. The summed E-state index contributed by atoms with van der Waals surface area (Å²) in [6, 6.07) is 0.315. The van der Waals surface area contributed by atoms with Gasteiger partial charge in [0.1, 0.15) is 5.01 Å². The minimum absolute atomic E-state index is 0. The Kier molecular flexibility index (Phi) is 8.01. The molecule has 0 aromatic carbocycles. The average Bonchev–Trinajstić information content (AvgIpc) is 3.14. The zero-order valence-corrected chi connectivity index (χ0v) is 17.9. The molecule has 1 aliphatic rings. The second-order valence-electron chi connectivity index (χ2n) is 6.82. The van der Waals surface area contributed by atoms with Gasteiger partial charge in [-0.2, -0.15) is 0 Å². The summed E-state index contributed by atoms with van der Waals surface area (Å²) in [4.78, 5) is 17.2. The summed E-state index contributed by atoms with van der Waals surface area (Å²) >= 11 is 1.55. The SMILES string of the molecule is Cc1csc(C(C)(C)NC(=O)c2nnn(C3CCNCC3)c2C)n1.Cl.Cl. The van der Waals surface area contributed by atoms with Gasteiger partial charge < -0.3 is 10.6 Å². The molecule has 0 radical (unpaired) electrons. The van der Waals surface area contributed by atoms with E-state index in [1.165, 1.54) is 0 Å². The van der Waals surface area contributed by atoms with Gasteiger partial charge in [0.05, 0.1) is 17.3 Å². The van der Waals surface area contributed by atoms with Crippen LogP contribution in [0.1, 0.15) is 59.6 Å². The molecule has 3 heterocycles. The van der Waals surface area contributed by atoms with Crippen molar-refractivity contribution in [3.05, 3.63) is 27.5 Å². The molecule has 2 N–H and O–H groups in total. The van der Waals surface area contributed by atoms with E-state index in [0.29, 0.717) is 11.7 Å². The molecule has 2 aromatic rings. The number of hydrogen-bond donors (Lipinski definition) is 2. The highest BCUT2D eigenvalue weighted by Gasteiger charge is 2.29. The number of aromatic nitrogens is 4. The first-order valence-electron chi connectivity index (χ1n) is 8.26. The van der Waals surface area contributed by atoms with Crippen LogP contribution in [0.4, 0.5) is 0 Å². The van der Waals surface area contributed by atoms with Crippen LogP contribution in [0.2, 0.25) is 0 Å². The Hall–Kier alpha value is -1.22. The van der Waals surface area contributed by atoms with Gasteiger partial charge >= 0.3 is 0 Å². The number of nitrogens with zero attached hydrogens (tertiary/aromatic N) is 4. The van der Waals surface area contributed by atoms with E-state index in [2.05, 4.69) is 25.9 Å². The van der Waals surface area contributed by atoms with Crippen LogP contribution in [0.5, 0.6) is 0 Å². The highest BCUT2D eigenvalue weighted by atomic mass is 35.5. The maximum absolute atomic E-state index is 12.7. The van der Waals surface area contributed by atoms with Crippen molar-refractivity contribution in [2.75, 3.05) is 13.1 Å². The van der Waals surface area contributed by atoms with Gasteiger partial charge in [0.2, 0.25) is 0 Å². The monoisotopic (exact) mass is 420 g/mol. The zero-order chi connectivity index (χ0) is 17.3. The second kappa shape index (κ2) is 9.12. The van der Waals surface area contributed by atoms with Crippen molar-refractivity contribution in [3.63, 3.8) is 0 Å². The number of carbonyl (C=O) groups is 1. The number of aryl methyl sites for hydroxylation is 1. The van der Waals surface area contributed by atoms with Crippen LogP contribution >= 0.6 is 36.2 Å². The van der Waals surface area contributed by atoms with E-state index in [9.17, 15) is 4.79 Å². The van der Waals surface area contributed by atoms with E-state index in [-0.39, 0.29) is 30.7 Å². The van der Waals surface area contributed by atoms with Crippen LogP contribution < -0.4 is 10.6 Å². The molecule has 1 fully saturated rings. The van der Waals surface area contributed by atoms with Crippen molar-refractivity contribution >= 4 is 42.1 Å². The minimum Gasteiger partial charge on any atom is -0.339 e. The van der Waals surface area contributed by atoms with E-state index >= 15 is 0 Å². The first kappa shape index (κ1) is 22.8. The normalized spacial score (nSPS) is 15.1. The zero-order valence-electron chi connectivity index (χ0n) is 15.4. The molecular formula is C16H26Cl2N6OS. The van der Waals surface area contributed by atoms with E-state index < -0.39 is 5.54 Å². The van der Waals surface area contributed by atoms with Crippen molar-refractivity contribution in [1.29, 1.82) is 0 Å². The van der Waals surface area contributed by atoms with Gasteiger partial charge in [-0.3, -0.25) is 4.79 Å². The highest BCUT2D eigenvalue weighted by Crippen LogP contribution is 2.25. The number of amides is 1. The Labute approximate surface area is 170 Å². The maximum Gasteiger partial charge on any atom is 0.274 e. The number of halogens is 2. The van der Waals surface area contributed by atoms with Crippen LogP contribution in [-0.4, -0.2) is 39.0 Å². The van der Waals surface area contributed by atoms with Gasteiger partial charge in [-0.05, 0) is 53.6 Å². The fraction of sp³-hybridized carbons (Fsp3) is 0.625. The predicted octanol–water partition coefficient (Wildman–Crippen LogP) is 2.78. The molecule has 1 amide bonds. The van der Waals surface area contributed by atoms with E-state index in [1.807, 2.05) is 37.8 Å². The molecule has 1 aliphatic heterocycles. The average molecular weight is 421 g/mol. The summed E-state index contributed by atoms with van der Waals surface area (Å²) in [6.45, 7) is 9.72. The van der Waals surface area contributed by atoms with Crippen LogP contribution in [0.3, 0.4) is 0 Å². The molecule has 0 aliphatic carbocycles. The van der Waals surface area contributed by atoms with Crippen molar-refractivity contribution < 1.29 is 4.79 Å². The van der Waals surface area contributed by atoms with Crippen molar-refractivity contribution in [3.8, 4) is 0 Å². The van der Waals surface area contributed by atoms with Crippen molar-refractivity contribution in [2.45, 2.75) is 52.1 Å². The number of carbonyl (C=O) groups excluding carboxylic acids is 1. The van der Waals surface area contributed by atoms with E-state index in [1.54, 1.807) is 11.3 Å². The molecule has 0 bridgehead atoms. The molecular weight excluding hydrogens is 395 g/mol. The summed E-state index contributed by atoms with van der Waals surface area (Å²) in [6.07, 6.45) is 2.02. The third-order valence-electron chi connectivity index (χ3n) is 4.38. The Morgan fingerprint density at radius 2 is 1.96 bits per heavy atom. The predicted molar refractivity (Wildman–Crippen MR) is 108 cm³/mol. The van der Waals surface area contributed by atoms with Gasteiger partial charge in [0.15, 0.2) is 5.69 Å². The Morgan fingerprint density at radius 3 is 2.54 bits per heavy atom. The molecule has 0 unspecified atom stereocenters. The lowest BCUT2D eigenvalue weighted by Gasteiger charge is -2.24. The van der Waals surface area contributed by atoms with E-state index in [0.717, 1.165) is 42.3 Å². The van der Waals surface area contributed by atoms with Crippen LogP contribution in [-0.2, 0) is 5.54 Å². The van der Waals surface area contributed by atoms with Crippen LogP contribution in [0.25, 0.3) is 0 Å². The van der Waals surface area contributed by atoms with Gasteiger partial charge in [0.25, 0.3) is 5.91 Å². The molecule has 7 nitrogen and oxygen atoms in total. The lowest BCUT2D eigenvalue weighted by molar-refractivity contribution is 0.0906. The number of thiazole rings is 1. The van der Waals surface area contributed by atoms with Gasteiger partial charge in [-0.1, -0.05) is 5.21 Å². The molecule has 1 saturated heterocycles. The smallest absolute Gasteiger partial charge is 0.274 e. The lowest BCUT2D eigenvalue weighted by Crippen LogP contribution is -2.41. The van der Waals surface area contributed by atoms with Crippen molar-refractivity contribution in [2.24, 2.45) is 0 Å². The molecule has 0 spiro atoms. The maximum atomic E-state index is 12.7. The standard InChI is InChI=1S/C16H24N6OS.2ClH/c1-10-9-24-15(18-10)16(3,4)19-14(23)13-11(2)22(21-20-13)12-5-7-17-8-6-12;;/h9,12,17H,5-8H2,1-4H3,(H,19,23);2*1H. The lowest BCUT2D eigenvalue weighted by atomic mass is 10.1. The molecule has 10 heteroatoms. The number of piperidine rings is 1. The Balaban J connectivity index is 0.00000169. The Morgan fingerprint density at radius 1 is 1.31 bits per heavy atom. The van der Waals surface area contributed by atoms with Gasteiger partial charge in [0, 0.05) is 11.1 Å². The number of rotatable bonds is 4. The number of hydrogen-bond acceptors (Lipinski definition) is 6. The topological polar surface area (TPSA) is 84.7 Å². The molecule has 2 aromatic heterocycles. The Bertz CT molecular complexity index is 739. The molecule has 3 rings (SSSR count). The highest BCUT2D eigenvalue weighted by molar-refractivity contribution is 7.09. The van der Waals surface area contributed by atoms with Crippen LogP contribution in [0, 0.1) is 13.8 Å². The molecule has 0 saturated carbocycles. The quantitative estimate of drug-likeness (QED) is 0.793. The summed E-state index contributed by atoms with van der Waals surface area (Å²) in [5, 5.41) is 17.6. The largest absolute Gasteiger partial charge is 0.339 e. The van der Waals surface area contributed by atoms with Gasteiger partial charge in [-0.25, -0.2) is 9.67 Å². The van der Waals surface area contributed by atoms with E-state index in [4.69, 9.17) is 0 Å². The molecule has 26 heavy (non-hydrogen) atoms. The first-order valence-corrected chi connectivity index (χ1v) is 9.14. The van der Waals surface area contributed by atoms with Crippen LogP contribution in [0.15, 0.2) is 5.38 Å². The summed E-state index contributed by atoms with van der Waals surface area (Å²) < 4.78 is 1.90. The summed E-state index contributed by atoms with van der Waals surface area (Å²) in [7, 11) is 0. The number of nitrogens with one attached hydrogen (secondary N) is 2. The second-order valence-corrected chi connectivity index (χ2v) is 7.68. The molecule has 146 valence electrons.